The van der Waals surface area contributed by atoms with Gasteiger partial charge in [-0.3, -0.25) is 9.69 Å². The molecular weight excluding hydrogens is 286 g/mol. The van der Waals surface area contributed by atoms with Crippen LogP contribution in [0.4, 0.5) is 0 Å². The van der Waals surface area contributed by atoms with Crippen molar-refractivity contribution in [1.82, 2.24) is 15.5 Å². The van der Waals surface area contributed by atoms with E-state index < -0.39 is 0 Å². The van der Waals surface area contributed by atoms with Gasteiger partial charge in [0.15, 0.2) is 0 Å². The van der Waals surface area contributed by atoms with Gasteiger partial charge in [0.25, 0.3) is 0 Å². The Morgan fingerprint density at radius 1 is 1.26 bits per heavy atom. The summed E-state index contributed by atoms with van der Waals surface area (Å²) in [6.07, 6.45) is 5.12. The summed E-state index contributed by atoms with van der Waals surface area (Å²) >= 11 is 0. The number of carbonyl (C=O) groups is 1. The predicted octanol–water partition coefficient (Wildman–Crippen LogP) is 2.22. The number of aryl methyl sites for hydroxylation is 1. The van der Waals surface area contributed by atoms with E-state index in [1.807, 2.05) is 0 Å². The van der Waals surface area contributed by atoms with Gasteiger partial charge in [-0.2, -0.15) is 0 Å². The standard InChI is InChI=1S/C19H29N3O/c1-15-5-2-3-6-16(15)14-22-11-8-17(9-12-22)21-19(23)13-18-7-4-10-20-18/h2-3,5-6,17-18,20H,4,7-14H2,1H3,(H,21,23). The van der Waals surface area contributed by atoms with Gasteiger partial charge in [0.1, 0.15) is 0 Å². The second-order valence-electron chi connectivity index (χ2n) is 7.04. The molecule has 4 nitrogen and oxygen atoms in total. The zero-order valence-electron chi connectivity index (χ0n) is 14.2. The van der Waals surface area contributed by atoms with E-state index in [9.17, 15) is 4.79 Å². The topological polar surface area (TPSA) is 44.4 Å². The number of nitrogens with one attached hydrogen (secondary N) is 2. The number of carbonyl (C=O) groups excluding carboxylic acids is 1. The molecule has 0 radical (unpaired) electrons. The SMILES string of the molecule is Cc1ccccc1CN1CCC(NC(=O)CC2CCCN2)CC1. The first-order valence-corrected chi connectivity index (χ1v) is 9.00. The van der Waals surface area contributed by atoms with Crippen LogP contribution in [0.25, 0.3) is 0 Å². The Morgan fingerprint density at radius 2 is 2.04 bits per heavy atom. The molecule has 23 heavy (non-hydrogen) atoms. The average Bonchev–Trinajstić information content (AvgIpc) is 3.04. The molecule has 0 spiro atoms. The average molecular weight is 315 g/mol. The van der Waals surface area contributed by atoms with Crippen LogP contribution in [-0.2, 0) is 11.3 Å². The summed E-state index contributed by atoms with van der Waals surface area (Å²) in [4.78, 5) is 14.6. The maximum Gasteiger partial charge on any atom is 0.221 e. The lowest BCUT2D eigenvalue weighted by atomic mass is 10.0. The van der Waals surface area contributed by atoms with Crippen molar-refractivity contribution >= 4 is 5.91 Å². The van der Waals surface area contributed by atoms with Crippen molar-refractivity contribution in [1.29, 1.82) is 0 Å². The van der Waals surface area contributed by atoms with E-state index in [2.05, 4.69) is 46.7 Å². The summed E-state index contributed by atoms with van der Waals surface area (Å²) < 4.78 is 0. The van der Waals surface area contributed by atoms with Gasteiger partial charge in [-0.1, -0.05) is 24.3 Å². The first-order valence-electron chi connectivity index (χ1n) is 9.00. The second-order valence-corrected chi connectivity index (χ2v) is 7.04. The van der Waals surface area contributed by atoms with E-state index in [4.69, 9.17) is 0 Å². The molecule has 2 aliphatic heterocycles. The van der Waals surface area contributed by atoms with Gasteiger partial charge in [-0.15, -0.1) is 0 Å². The molecule has 0 bridgehead atoms. The largest absolute Gasteiger partial charge is 0.353 e. The zero-order chi connectivity index (χ0) is 16.1. The molecule has 4 heteroatoms. The molecule has 0 saturated carbocycles. The number of hydrogen-bond donors (Lipinski definition) is 2. The van der Waals surface area contributed by atoms with Crippen LogP contribution in [0.3, 0.4) is 0 Å². The van der Waals surface area contributed by atoms with E-state index in [1.54, 1.807) is 0 Å². The van der Waals surface area contributed by atoms with Crippen LogP contribution in [0.2, 0.25) is 0 Å². The maximum absolute atomic E-state index is 12.1. The number of piperidine rings is 1. The predicted molar refractivity (Wildman–Crippen MR) is 93.3 cm³/mol. The van der Waals surface area contributed by atoms with Crippen LogP contribution in [0.5, 0.6) is 0 Å². The molecule has 3 rings (SSSR count). The highest BCUT2D eigenvalue weighted by Gasteiger charge is 2.23. The minimum absolute atomic E-state index is 0.224. The number of hydrogen-bond acceptors (Lipinski definition) is 3. The fraction of sp³-hybridized carbons (Fsp3) is 0.632. The van der Waals surface area contributed by atoms with Crippen molar-refractivity contribution in [2.45, 2.75) is 57.7 Å². The van der Waals surface area contributed by atoms with Crippen molar-refractivity contribution in [3.63, 3.8) is 0 Å². The first kappa shape index (κ1) is 16.5. The lowest BCUT2D eigenvalue weighted by Gasteiger charge is -2.32. The Balaban J connectivity index is 1.40. The lowest BCUT2D eigenvalue weighted by molar-refractivity contribution is -0.122. The van der Waals surface area contributed by atoms with Gasteiger partial charge >= 0.3 is 0 Å². The molecule has 1 amide bonds. The Morgan fingerprint density at radius 3 is 2.74 bits per heavy atom. The van der Waals surface area contributed by atoms with Crippen LogP contribution >= 0.6 is 0 Å². The highest BCUT2D eigenvalue weighted by atomic mass is 16.1. The second kappa shape index (κ2) is 7.93. The highest BCUT2D eigenvalue weighted by Crippen LogP contribution is 2.16. The lowest BCUT2D eigenvalue weighted by Crippen LogP contribution is -2.45. The minimum atomic E-state index is 0.224. The summed E-state index contributed by atoms with van der Waals surface area (Å²) in [5.41, 5.74) is 2.79. The van der Waals surface area contributed by atoms with Crippen LogP contribution in [0.15, 0.2) is 24.3 Å². The van der Waals surface area contributed by atoms with Gasteiger partial charge in [0.05, 0.1) is 0 Å². The van der Waals surface area contributed by atoms with E-state index in [1.165, 1.54) is 17.5 Å². The molecule has 0 aromatic heterocycles. The summed E-state index contributed by atoms with van der Waals surface area (Å²) in [7, 11) is 0. The molecule has 126 valence electrons. The van der Waals surface area contributed by atoms with Crippen molar-refractivity contribution < 1.29 is 4.79 Å². The fourth-order valence-corrected chi connectivity index (χ4v) is 3.71. The minimum Gasteiger partial charge on any atom is -0.353 e. The Kier molecular flexibility index (Phi) is 5.68. The number of rotatable bonds is 5. The molecule has 1 aromatic carbocycles. The third-order valence-corrected chi connectivity index (χ3v) is 5.20. The Labute approximate surface area is 139 Å². The van der Waals surface area contributed by atoms with E-state index >= 15 is 0 Å². The quantitative estimate of drug-likeness (QED) is 0.876. The Bertz CT molecular complexity index is 517. The van der Waals surface area contributed by atoms with Crippen LogP contribution < -0.4 is 10.6 Å². The van der Waals surface area contributed by atoms with Gasteiger partial charge in [-0.05, 0) is 50.3 Å². The number of benzene rings is 1. The van der Waals surface area contributed by atoms with Crippen molar-refractivity contribution in [2.24, 2.45) is 0 Å². The number of likely N-dealkylation sites (tertiary alicyclic amines) is 1. The number of amides is 1. The molecule has 0 aliphatic carbocycles. The van der Waals surface area contributed by atoms with Gasteiger partial charge in [0, 0.05) is 38.1 Å². The monoisotopic (exact) mass is 315 g/mol. The van der Waals surface area contributed by atoms with Crippen LogP contribution in [0.1, 0.15) is 43.2 Å². The third kappa shape index (κ3) is 4.79. The number of nitrogens with zero attached hydrogens (tertiary/aromatic N) is 1. The summed E-state index contributed by atoms with van der Waals surface area (Å²) in [6, 6.07) is 9.37. The van der Waals surface area contributed by atoms with E-state index in [-0.39, 0.29) is 5.91 Å². The highest BCUT2D eigenvalue weighted by molar-refractivity contribution is 5.76. The molecule has 1 atom stereocenters. The summed E-state index contributed by atoms with van der Waals surface area (Å²) in [5.74, 6) is 0.224. The maximum atomic E-state index is 12.1. The molecule has 2 saturated heterocycles. The molecule has 2 N–H and O–H groups in total. The van der Waals surface area contributed by atoms with Gasteiger partial charge in [-0.25, -0.2) is 0 Å². The van der Waals surface area contributed by atoms with Crippen molar-refractivity contribution in [3.8, 4) is 0 Å². The van der Waals surface area contributed by atoms with Crippen molar-refractivity contribution in [3.05, 3.63) is 35.4 Å². The van der Waals surface area contributed by atoms with Crippen LogP contribution in [0, 0.1) is 6.92 Å². The summed E-state index contributed by atoms with van der Waals surface area (Å²) in [5, 5.41) is 6.63. The normalized spacial score (nSPS) is 23.1. The zero-order valence-corrected chi connectivity index (χ0v) is 14.2. The van der Waals surface area contributed by atoms with Gasteiger partial charge in [0.2, 0.25) is 5.91 Å². The summed E-state index contributed by atoms with van der Waals surface area (Å²) in [6.45, 7) is 6.41. The first-order chi connectivity index (χ1) is 11.2. The third-order valence-electron chi connectivity index (χ3n) is 5.20. The van der Waals surface area contributed by atoms with Crippen LogP contribution in [-0.4, -0.2) is 42.5 Å². The molecule has 1 unspecified atom stereocenters. The van der Waals surface area contributed by atoms with E-state index in [0.29, 0.717) is 18.5 Å². The molecule has 2 aliphatic rings. The molecular formula is C19H29N3O. The smallest absolute Gasteiger partial charge is 0.221 e. The Hall–Kier alpha value is -1.39. The van der Waals surface area contributed by atoms with Gasteiger partial charge < -0.3 is 10.6 Å². The fourth-order valence-electron chi connectivity index (χ4n) is 3.71. The van der Waals surface area contributed by atoms with E-state index in [0.717, 1.165) is 45.4 Å². The molecule has 2 heterocycles. The molecule has 1 aromatic rings. The molecule has 2 fully saturated rings. The van der Waals surface area contributed by atoms with Crippen molar-refractivity contribution in [2.75, 3.05) is 19.6 Å².